The van der Waals surface area contributed by atoms with Crippen LogP contribution < -0.4 is 14.8 Å². The molecule has 1 aliphatic rings. The Morgan fingerprint density at radius 3 is 1.98 bits per heavy atom. The summed E-state index contributed by atoms with van der Waals surface area (Å²) in [5.41, 5.74) is 3.73. The smallest absolute Gasteiger partial charge is 0.475 e. The second-order valence-corrected chi connectivity index (χ2v) is 12.2. The van der Waals surface area contributed by atoms with Gasteiger partial charge in [-0.15, -0.1) is 0 Å². The Labute approximate surface area is 228 Å². The summed E-state index contributed by atoms with van der Waals surface area (Å²) in [6.45, 7) is 2.38. The zero-order chi connectivity index (χ0) is 29.7. The maximum atomic E-state index is 12.5. The predicted octanol–water partition coefficient (Wildman–Crippen LogP) is 3.93. The number of carbonyl (C=O) groups excluding carboxylic acids is 1. The average molecular weight is 600 g/mol. The first-order valence-corrected chi connectivity index (χ1v) is 14.5. The fraction of sp³-hybridized carbons (Fsp3) is 0.200. The molecular weight excluding hydrogens is 575 g/mol. The van der Waals surface area contributed by atoms with E-state index in [1.165, 1.54) is 0 Å². The minimum absolute atomic E-state index is 0.0695. The van der Waals surface area contributed by atoms with Crippen LogP contribution in [0.25, 0.3) is 0 Å². The summed E-state index contributed by atoms with van der Waals surface area (Å²) in [4.78, 5) is 20.5. The Balaban J connectivity index is 0.000000559. The number of carboxylic acids is 1. The molecule has 1 amide bonds. The minimum atomic E-state index is -5.08. The van der Waals surface area contributed by atoms with Gasteiger partial charge in [0.15, 0.2) is 0 Å². The number of rotatable bonds is 7. The predicted molar refractivity (Wildman–Crippen MR) is 140 cm³/mol. The standard InChI is InChI=1S/C23H23N3O5S2.C2HF3O2/c1-16-2-12-21(13-3-16)32(28,29)25-20-10-8-19(9-11-20)24-15-17-4-6-18(7-5-17)22-14-23(27)26-33(22,30)31;3-2(4,5)1(6)7/h2-13,22,24-25H,14-15H2,1H3,(H,26,27);(H,6,7). The lowest BCUT2D eigenvalue weighted by Gasteiger charge is -2.11. The van der Waals surface area contributed by atoms with Crippen LogP contribution in [0.4, 0.5) is 24.5 Å². The number of alkyl halides is 3. The van der Waals surface area contributed by atoms with Crippen molar-refractivity contribution >= 4 is 43.3 Å². The zero-order valence-electron chi connectivity index (χ0n) is 20.8. The summed E-state index contributed by atoms with van der Waals surface area (Å²) in [6, 6.07) is 20.5. The third-order valence-electron chi connectivity index (χ3n) is 5.56. The molecule has 0 bridgehead atoms. The van der Waals surface area contributed by atoms with E-state index in [1.54, 1.807) is 60.7 Å². The fourth-order valence-corrected chi connectivity index (χ4v) is 5.98. The van der Waals surface area contributed by atoms with Gasteiger partial charge in [0.25, 0.3) is 10.0 Å². The number of carboxylic acid groups (broad SMARTS) is 1. The highest BCUT2D eigenvalue weighted by atomic mass is 32.2. The van der Waals surface area contributed by atoms with E-state index in [4.69, 9.17) is 9.90 Å². The van der Waals surface area contributed by atoms with Crippen molar-refractivity contribution in [2.45, 2.75) is 36.2 Å². The van der Waals surface area contributed by atoms with E-state index in [9.17, 15) is 34.8 Å². The highest BCUT2D eigenvalue weighted by molar-refractivity contribution is 7.92. The Hall–Kier alpha value is -4.11. The molecule has 1 saturated heterocycles. The first-order valence-electron chi connectivity index (χ1n) is 11.4. The van der Waals surface area contributed by atoms with Gasteiger partial charge in [-0.05, 0) is 54.4 Å². The average Bonchev–Trinajstić information content (AvgIpc) is 3.15. The quantitative estimate of drug-likeness (QED) is 0.318. The molecule has 10 nitrogen and oxygen atoms in total. The van der Waals surface area contributed by atoms with Gasteiger partial charge in [-0.2, -0.15) is 13.2 Å². The maximum Gasteiger partial charge on any atom is 0.490 e. The molecule has 40 heavy (non-hydrogen) atoms. The maximum absolute atomic E-state index is 12.5. The van der Waals surface area contributed by atoms with Gasteiger partial charge >= 0.3 is 12.1 Å². The SMILES string of the molecule is Cc1ccc(S(=O)(=O)Nc2ccc(NCc3ccc(C4CC(=O)NS4(=O)=O)cc3)cc2)cc1.O=C(O)C(F)(F)F. The third kappa shape index (κ3) is 8.19. The number of anilines is 2. The second-order valence-electron chi connectivity index (χ2n) is 8.66. The van der Waals surface area contributed by atoms with E-state index in [-0.39, 0.29) is 11.3 Å². The van der Waals surface area contributed by atoms with Crippen molar-refractivity contribution in [1.82, 2.24) is 4.72 Å². The van der Waals surface area contributed by atoms with Crippen molar-refractivity contribution in [2.75, 3.05) is 10.0 Å². The number of aryl methyl sites for hydroxylation is 1. The molecule has 1 aliphatic heterocycles. The van der Waals surface area contributed by atoms with Crippen LogP contribution in [0.1, 0.15) is 28.4 Å². The van der Waals surface area contributed by atoms with Crippen LogP contribution >= 0.6 is 0 Å². The molecule has 1 atom stereocenters. The number of halogens is 3. The van der Waals surface area contributed by atoms with E-state index in [0.29, 0.717) is 17.8 Å². The van der Waals surface area contributed by atoms with E-state index in [0.717, 1.165) is 16.8 Å². The van der Waals surface area contributed by atoms with Gasteiger partial charge < -0.3 is 10.4 Å². The molecule has 3 aromatic carbocycles. The summed E-state index contributed by atoms with van der Waals surface area (Å²) < 4.78 is 85.3. The molecule has 3 aromatic rings. The van der Waals surface area contributed by atoms with Gasteiger partial charge in [-0.25, -0.2) is 21.6 Å². The van der Waals surface area contributed by atoms with Gasteiger partial charge in [0.1, 0.15) is 5.25 Å². The number of hydrogen-bond donors (Lipinski definition) is 4. The Bertz CT molecular complexity index is 1570. The molecule has 0 aliphatic carbocycles. The van der Waals surface area contributed by atoms with Crippen molar-refractivity contribution in [3.63, 3.8) is 0 Å². The molecule has 4 N–H and O–H groups in total. The summed E-state index contributed by atoms with van der Waals surface area (Å²) in [5, 5.41) is 9.51. The first-order chi connectivity index (χ1) is 18.6. The molecule has 4 rings (SSSR count). The van der Waals surface area contributed by atoms with Gasteiger partial charge in [0.2, 0.25) is 15.9 Å². The third-order valence-corrected chi connectivity index (χ3v) is 8.66. The summed E-state index contributed by atoms with van der Waals surface area (Å²) in [5.74, 6) is -3.25. The largest absolute Gasteiger partial charge is 0.490 e. The summed E-state index contributed by atoms with van der Waals surface area (Å²) in [6.07, 6.45) is -5.15. The fourth-order valence-electron chi connectivity index (χ4n) is 3.49. The van der Waals surface area contributed by atoms with Gasteiger partial charge in [-0.1, -0.05) is 42.0 Å². The van der Waals surface area contributed by atoms with Gasteiger partial charge in [0, 0.05) is 17.9 Å². The Kier molecular flexibility index (Phi) is 9.10. The van der Waals surface area contributed by atoms with Crippen molar-refractivity contribution in [1.29, 1.82) is 0 Å². The highest BCUT2D eigenvalue weighted by Crippen LogP contribution is 2.30. The van der Waals surface area contributed by atoms with Crippen molar-refractivity contribution in [2.24, 2.45) is 0 Å². The Morgan fingerprint density at radius 2 is 1.50 bits per heavy atom. The molecule has 15 heteroatoms. The van der Waals surface area contributed by atoms with Crippen molar-refractivity contribution < 1.29 is 44.7 Å². The zero-order valence-corrected chi connectivity index (χ0v) is 22.4. The van der Waals surface area contributed by atoms with Crippen LogP contribution in [0.5, 0.6) is 0 Å². The lowest BCUT2D eigenvalue weighted by Crippen LogP contribution is -2.21. The number of sulfonamides is 2. The normalized spacial score (nSPS) is 16.3. The van der Waals surface area contributed by atoms with Crippen molar-refractivity contribution in [3.8, 4) is 0 Å². The van der Waals surface area contributed by atoms with Crippen LogP contribution in [-0.4, -0.2) is 40.0 Å². The van der Waals surface area contributed by atoms with E-state index in [1.807, 2.05) is 23.8 Å². The monoisotopic (exact) mass is 599 g/mol. The number of carbonyl (C=O) groups is 2. The molecular formula is C25H24F3N3O7S2. The van der Waals surface area contributed by atoms with Crippen LogP contribution in [0.2, 0.25) is 0 Å². The van der Waals surface area contributed by atoms with E-state index >= 15 is 0 Å². The lowest BCUT2D eigenvalue weighted by molar-refractivity contribution is -0.192. The van der Waals surface area contributed by atoms with Crippen LogP contribution in [0.15, 0.2) is 77.7 Å². The minimum Gasteiger partial charge on any atom is -0.475 e. The summed E-state index contributed by atoms with van der Waals surface area (Å²) >= 11 is 0. The number of benzene rings is 3. The number of nitrogens with one attached hydrogen (secondary N) is 3. The highest BCUT2D eigenvalue weighted by Gasteiger charge is 2.38. The van der Waals surface area contributed by atoms with Crippen LogP contribution in [0.3, 0.4) is 0 Å². The molecule has 0 spiro atoms. The van der Waals surface area contributed by atoms with Crippen LogP contribution in [-0.2, 0) is 36.2 Å². The van der Waals surface area contributed by atoms with E-state index < -0.39 is 43.3 Å². The summed E-state index contributed by atoms with van der Waals surface area (Å²) in [7, 11) is -7.32. The number of aliphatic carboxylic acids is 1. The second kappa shape index (κ2) is 12.0. The van der Waals surface area contributed by atoms with Gasteiger partial charge in [0.05, 0.1) is 11.3 Å². The molecule has 0 radical (unpaired) electrons. The van der Waals surface area contributed by atoms with Crippen LogP contribution in [0, 0.1) is 6.92 Å². The molecule has 0 saturated carbocycles. The first kappa shape index (κ1) is 30.4. The number of hydrogen-bond acceptors (Lipinski definition) is 7. The number of amides is 1. The van der Waals surface area contributed by atoms with Crippen molar-refractivity contribution in [3.05, 3.63) is 89.5 Å². The molecule has 1 heterocycles. The topological polar surface area (TPSA) is 159 Å². The molecule has 0 aromatic heterocycles. The van der Waals surface area contributed by atoms with E-state index in [2.05, 4.69) is 10.0 Å². The lowest BCUT2D eigenvalue weighted by atomic mass is 10.1. The molecule has 1 fully saturated rings. The Morgan fingerprint density at radius 1 is 0.975 bits per heavy atom. The molecule has 1 unspecified atom stereocenters. The van der Waals surface area contributed by atoms with Gasteiger partial charge in [-0.3, -0.25) is 14.2 Å². The molecule has 214 valence electrons.